The lowest BCUT2D eigenvalue weighted by Gasteiger charge is -2.24. The number of nitrogens with one attached hydrogen (secondary N) is 2. The Morgan fingerprint density at radius 3 is 2.58 bits per heavy atom. The van der Waals surface area contributed by atoms with Crippen LogP contribution < -0.4 is 15.4 Å². The maximum absolute atomic E-state index is 5.39. The number of hydrogen-bond acceptors (Lipinski definition) is 3. The number of benzene rings is 1. The molecule has 0 radical (unpaired) electrons. The van der Waals surface area contributed by atoms with Gasteiger partial charge in [0.25, 0.3) is 0 Å². The van der Waals surface area contributed by atoms with Crippen molar-refractivity contribution in [3.05, 3.63) is 29.3 Å². The van der Waals surface area contributed by atoms with Crippen LogP contribution in [0.1, 0.15) is 36.8 Å². The van der Waals surface area contributed by atoms with Crippen LogP contribution in [-0.4, -0.2) is 57.7 Å². The summed E-state index contributed by atoms with van der Waals surface area (Å²) in [4.78, 5) is 6.79. The Labute approximate surface area is 176 Å². The predicted molar refractivity (Wildman–Crippen MR) is 121 cm³/mol. The van der Waals surface area contributed by atoms with Crippen molar-refractivity contribution in [1.82, 2.24) is 15.5 Å². The summed E-state index contributed by atoms with van der Waals surface area (Å²) >= 11 is 0. The van der Waals surface area contributed by atoms with Crippen LogP contribution in [0.2, 0.25) is 0 Å². The fourth-order valence-corrected chi connectivity index (χ4v) is 3.44. The molecule has 0 aliphatic heterocycles. The summed E-state index contributed by atoms with van der Waals surface area (Å²) in [5.74, 6) is 1.83. The Morgan fingerprint density at radius 2 is 1.92 bits per heavy atom. The van der Waals surface area contributed by atoms with Gasteiger partial charge in [-0.25, -0.2) is 0 Å². The molecule has 2 N–H and O–H groups in total. The number of hydrogen-bond donors (Lipinski definition) is 2. The van der Waals surface area contributed by atoms with Gasteiger partial charge in [-0.05, 0) is 50.4 Å². The van der Waals surface area contributed by atoms with Gasteiger partial charge in [0.15, 0.2) is 5.96 Å². The standard InChI is InChI=1S/C20H34N4O.HI/c1-16-9-10-17(15-19(16)25-4)11-12-22-20(21-2)23-13-14-24(3)18-7-5-6-8-18;/h9-10,15,18H,5-8,11-14H2,1-4H3,(H2,21,22,23);1H. The molecule has 5 nitrogen and oxygen atoms in total. The molecule has 1 aromatic carbocycles. The zero-order valence-electron chi connectivity index (χ0n) is 16.7. The van der Waals surface area contributed by atoms with Gasteiger partial charge in [0.2, 0.25) is 0 Å². The third kappa shape index (κ3) is 7.31. The second-order valence-electron chi connectivity index (χ2n) is 6.90. The smallest absolute Gasteiger partial charge is 0.191 e. The second kappa shape index (κ2) is 12.4. The molecule has 0 atom stereocenters. The van der Waals surface area contributed by atoms with E-state index in [4.69, 9.17) is 4.74 Å². The van der Waals surface area contributed by atoms with E-state index in [1.165, 1.54) is 36.8 Å². The molecule has 0 saturated heterocycles. The van der Waals surface area contributed by atoms with Crippen molar-refractivity contribution in [2.24, 2.45) is 4.99 Å². The molecule has 1 saturated carbocycles. The van der Waals surface area contributed by atoms with E-state index in [9.17, 15) is 0 Å². The maximum Gasteiger partial charge on any atom is 0.191 e. The molecule has 1 aromatic rings. The number of methoxy groups -OCH3 is 1. The van der Waals surface area contributed by atoms with E-state index < -0.39 is 0 Å². The monoisotopic (exact) mass is 474 g/mol. The van der Waals surface area contributed by atoms with E-state index >= 15 is 0 Å². The van der Waals surface area contributed by atoms with Gasteiger partial charge in [0.05, 0.1) is 7.11 Å². The number of aliphatic imine (C=N–C) groups is 1. The number of aryl methyl sites for hydroxylation is 1. The van der Waals surface area contributed by atoms with Gasteiger partial charge in [-0.3, -0.25) is 4.99 Å². The Morgan fingerprint density at radius 1 is 1.23 bits per heavy atom. The normalized spacial score (nSPS) is 15.0. The van der Waals surface area contributed by atoms with Crippen LogP contribution in [0.4, 0.5) is 0 Å². The summed E-state index contributed by atoms with van der Waals surface area (Å²) in [7, 11) is 5.78. The van der Waals surface area contributed by atoms with Crippen LogP contribution in [0.3, 0.4) is 0 Å². The molecule has 1 aliphatic rings. The molecule has 1 aliphatic carbocycles. The van der Waals surface area contributed by atoms with E-state index in [0.29, 0.717) is 0 Å². The van der Waals surface area contributed by atoms with Crippen molar-refractivity contribution in [2.45, 2.75) is 45.1 Å². The highest BCUT2D eigenvalue weighted by atomic mass is 127. The molecule has 0 spiro atoms. The summed E-state index contributed by atoms with van der Waals surface area (Å²) in [5.41, 5.74) is 2.44. The minimum atomic E-state index is 0. The summed E-state index contributed by atoms with van der Waals surface area (Å²) in [6, 6.07) is 7.16. The molecule has 0 amide bonds. The summed E-state index contributed by atoms with van der Waals surface area (Å²) in [5, 5.41) is 6.81. The molecule has 26 heavy (non-hydrogen) atoms. The molecular weight excluding hydrogens is 439 g/mol. The SMILES string of the molecule is CN=C(NCCc1ccc(C)c(OC)c1)NCCN(C)C1CCCC1.I. The van der Waals surface area contributed by atoms with Gasteiger partial charge in [0.1, 0.15) is 5.75 Å². The number of halogens is 1. The molecular formula is C20H35IN4O. The van der Waals surface area contributed by atoms with Crippen LogP contribution in [0.5, 0.6) is 5.75 Å². The lowest BCUT2D eigenvalue weighted by atomic mass is 10.1. The molecule has 0 aromatic heterocycles. The van der Waals surface area contributed by atoms with Crippen molar-refractivity contribution in [3.8, 4) is 5.75 Å². The zero-order valence-corrected chi connectivity index (χ0v) is 19.0. The van der Waals surface area contributed by atoms with Crippen LogP contribution >= 0.6 is 24.0 Å². The van der Waals surface area contributed by atoms with Crippen molar-refractivity contribution in [3.63, 3.8) is 0 Å². The highest BCUT2D eigenvalue weighted by molar-refractivity contribution is 14.0. The Bertz CT molecular complexity index is 559. The van der Waals surface area contributed by atoms with Gasteiger partial charge < -0.3 is 20.3 Å². The summed E-state index contributed by atoms with van der Waals surface area (Å²) in [6.45, 7) is 4.89. The molecule has 148 valence electrons. The molecule has 6 heteroatoms. The first-order valence-electron chi connectivity index (χ1n) is 9.42. The Kier molecular flexibility index (Phi) is 11.0. The molecule has 1 fully saturated rings. The van der Waals surface area contributed by atoms with Crippen molar-refractivity contribution < 1.29 is 4.74 Å². The van der Waals surface area contributed by atoms with Crippen LogP contribution in [0, 0.1) is 6.92 Å². The summed E-state index contributed by atoms with van der Waals surface area (Å²) in [6.07, 6.45) is 6.41. The quantitative estimate of drug-likeness (QED) is 0.345. The van der Waals surface area contributed by atoms with E-state index in [1.807, 2.05) is 7.05 Å². The number of ether oxygens (including phenoxy) is 1. The maximum atomic E-state index is 5.39. The fraction of sp³-hybridized carbons (Fsp3) is 0.650. The van der Waals surface area contributed by atoms with Gasteiger partial charge in [-0.15, -0.1) is 24.0 Å². The molecule has 0 heterocycles. The summed E-state index contributed by atoms with van der Waals surface area (Å²) < 4.78 is 5.39. The highest BCUT2D eigenvalue weighted by Gasteiger charge is 2.18. The van der Waals surface area contributed by atoms with Gasteiger partial charge >= 0.3 is 0 Å². The topological polar surface area (TPSA) is 48.9 Å². The number of likely N-dealkylation sites (N-methyl/N-ethyl adjacent to an activating group) is 1. The fourth-order valence-electron chi connectivity index (χ4n) is 3.44. The first-order chi connectivity index (χ1) is 12.1. The van der Waals surface area contributed by atoms with Crippen LogP contribution in [-0.2, 0) is 6.42 Å². The lowest BCUT2D eigenvalue weighted by molar-refractivity contribution is 0.249. The van der Waals surface area contributed by atoms with Gasteiger partial charge in [0, 0.05) is 32.7 Å². The Hall–Kier alpha value is -1.02. The minimum absolute atomic E-state index is 0. The van der Waals surface area contributed by atoms with E-state index in [2.05, 4.69) is 52.7 Å². The Balaban J connectivity index is 0.00000338. The van der Waals surface area contributed by atoms with Crippen LogP contribution in [0.25, 0.3) is 0 Å². The minimum Gasteiger partial charge on any atom is -0.496 e. The van der Waals surface area contributed by atoms with Gasteiger partial charge in [-0.2, -0.15) is 0 Å². The van der Waals surface area contributed by atoms with Gasteiger partial charge in [-0.1, -0.05) is 25.0 Å². The lowest BCUT2D eigenvalue weighted by Crippen LogP contribution is -2.43. The number of guanidine groups is 1. The molecule has 0 unspecified atom stereocenters. The number of nitrogens with zero attached hydrogens (tertiary/aromatic N) is 2. The molecule has 0 bridgehead atoms. The van der Waals surface area contributed by atoms with E-state index in [0.717, 1.165) is 43.8 Å². The van der Waals surface area contributed by atoms with Crippen molar-refractivity contribution >= 4 is 29.9 Å². The van der Waals surface area contributed by atoms with Crippen molar-refractivity contribution in [1.29, 1.82) is 0 Å². The van der Waals surface area contributed by atoms with E-state index in [-0.39, 0.29) is 24.0 Å². The number of rotatable bonds is 8. The average molecular weight is 474 g/mol. The first kappa shape index (κ1) is 23.0. The average Bonchev–Trinajstić information content (AvgIpc) is 3.16. The highest BCUT2D eigenvalue weighted by Crippen LogP contribution is 2.21. The van der Waals surface area contributed by atoms with Crippen molar-refractivity contribution in [2.75, 3.05) is 40.8 Å². The third-order valence-corrected chi connectivity index (χ3v) is 5.11. The predicted octanol–water partition coefficient (Wildman–Crippen LogP) is 3.20. The third-order valence-electron chi connectivity index (χ3n) is 5.11. The van der Waals surface area contributed by atoms with Crippen LogP contribution in [0.15, 0.2) is 23.2 Å². The largest absolute Gasteiger partial charge is 0.496 e. The second-order valence-corrected chi connectivity index (χ2v) is 6.90. The first-order valence-corrected chi connectivity index (χ1v) is 9.42. The van der Waals surface area contributed by atoms with E-state index in [1.54, 1.807) is 7.11 Å². The zero-order chi connectivity index (χ0) is 18.1. The molecule has 2 rings (SSSR count).